The monoisotopic (exact) mass is 392 g/mol. The SMILES string of the molecule is CCCCCCOc1ccc2cc(C3=CCC(CCCCCC)CC3)ccc2c1. The standard InChI is InChI=1S/C28H40O/c1-3-5-7-9-11-23-12-14-24(15-13-23)25-16-17-27-22-28(19-18-26(27)21-25)29-20-10-8-6-4-2/h14,16-19,21-23H,3-13,15,20H2,1-2H3. The minimum Gasteiger partial charge on any atom is -0.494 e. The molecule has 1 atom stereocenters. The third-order valence-corrected chi connectivity index (χ3v) is 6.43. The predicted octanol–water partition coefficient (Wildman–Crippen LogP) is 8.95. The van der Waals surface area contributed by atoms with E-state index in [1.54, 1.807) is 5.57 Å². The number of unbranched alkanes of at least 4 members (excludes halogenated alkanes) is 6. The molecule has 1 aliphatic carbocycles. The number of rotatable bonds is 12. The normalized spacial score (nSPS) is 16.8. The first-order chi connectivity index (χ1) is 14.3. The lowest BCUT2D eigenvalue weighted by molar-refractivity contribution is 0.305. The van der Waals surface area contributed by atoms with Gasteiger partial charge >= 0.3 is 0 Å². The van der Waals surface area contributed by atoms with Crippen LogP contribution in [0.5, 0.6) is 5.75 Å². The van der Waals surface area contributed by atoms with E-state index in [4.69, 9.17) is 4.74 Å². The summed E-state index contributed by atoms with van der Waals surface area (Å²) in [6.07, 6.45) is 18.4. The van der Waals surface area contributed by atoms with Crippen molar-refractivity contribution in [3.8, 4) is 5.75 Å². The van der Waals surface area contributed by atoms with E-state index in [0.717, 1.165) is 24.7 Å². The van der Waals surface area contributed by atoms with Gasteiger partial charge in [0, 0.05) is 0 Å². The van der Waals surface area contributed by atoms with Gasteiger partial charge in [-0.25, -0.2) is 0 Å². The first-order valence-electron chi connectivity index (χ1n) is 12.2. The van der Waals surface area contributed by atoms with Gasteiger partial charge in [0.05, 0.1) is 6.61 Å². The molecule has 0 spiro atoms. The Kier molecular flexibility index (Phi) is 9.12. The number of benzene rings is 2. The van der Waals surface area contributed by atoms with Crippen LogP contribution in [0.4, 0.5) is 0 Å². The molecule has 0 radical (unpaired) electrons. The highest BCUT2D eigenvalue weighted by Gasteiger charge is 2.15. The molecule has 29 heavy (non-hydrogen) atoms. The molecule has 3 rings (SSSR count). The molecule has 2 aromatic rings. The lowest BCUT2D eigenvalue weighted by atomic mass is 9.83. The van der Waals surface area contributed by atoms with Crippen LogP contribution < -0.4 is 4.74 Å². The molecule has 0 saturated carbocycles. The van der Waals surface area contributed by atoms with Gasteiger partial charge in [0.1, 0.15) is 5.75 Å². The van der Waals surface area contributed by atoms with Crippen LogP contribution in [0.15, 0.2) is 42.5 Å². The molecule has 0 heterocycles. The number of fused-ring (bicyclic) bond motifs is 1. The van der Waals surface area contributed by atoms with Crippen LogP contribution in [0.3, 0.4) is 0 Å². The fraction of sp³-hybridized carbons (Fsp3) is 0.571. The van der Waals surface area contributed by atoms with E-state index in [1.807, 2.05) is 0 Å². The van der Waals surface area contributed by atoms with Crippen molar-refractivity contribution >= 4 is 16.3 Å². The van der Waals surface area contributed by atoms with E-state index < -0.39 is 0 Å². The number of hydrogen-bond donors (Lipinski definition) is 0. The van der Waals surface area contributed by atoms with Crippen molar-refractivity contribution in [2.24, 2.45) is 5.92 Å². The average molecular weight is 393 g/mol. The molecular formula is C28H40O. The molecule has 2 aromatic carbocycles. The third kappa shape index (κ3) is 6.91. The van der Waals surface area contributed by atoms with Crippen LogP contribution in [-0.2, 0) is 0 Å². The van der Waals surface area contributed by atoms with Crippen molar-refractivity contribution in [3.63, 3.8) is 0 Å². The molecule has 0 fully saturated rings. The van der Waals surface area contributed by atoms with Crippen molar-refractivity contribution in [1.82, 2.24) is 0 Å². The molecule has 1 unspecified atom stereocenters. The summed E-state index contributed by atoms with van der Waals surface area (Å²) in [6.45, 7) is 5.37. The molecule has 0 N–H and O–H groups in total. The van der Waals surface area contributed by atoms with E-state index in [9.17, 15) is 0 Å². The van der Waals surface area contributed by atoms with Crippen molar-refractivity contribution in [2.45, 2.75) is 90.9 Å². The quantitative estimate of drug-likeness (QED) is 0.327. The van der Waals surface area contributed by atoms with Gasteiger partial charge in [-0.05, 0) is 71.7 Å². The summed E-state index contributed by atoms with van der Waals surface area (Å²) in [6, 6.07) is 13.5. The Labute approximate surface area is 178 Å². The maximum absolute atomic E-state index is 5.96. The van der Waals surface area contributed by atoms with Crippen LogP contribution in [0.2, 0.25) is 0 Å². The Balaban J connectivity index is 1.54. The summed E-state index contributed by atoms with van der Waals surface area (Å²) in [7, 11) is 0. The van der Waals surface area contributed by atoms with Gasteiger partial charge in [0.25, 0.3) is 0 Å². The van der Waals surface area contributed by atoms with Crippen LogP contribution in [0, 0.1) is 5.92 Å². The molecule has 0 amide bonds. The van der Waals surface area contributed by atoms with E-state index in [-0.39, 0.29) is 0 Å². The third-order valence-electron chi connectivity index (χ3n) is 6.43. The van der Waals surface area contributed by atoms with Gasteiger partial charge in [0.2, 0.25) is 0 Å². The highest BCUT2D eigenvalue weighted by atomic mass is 16.5. The molecule has 1 nitrogen and oxygen atoms in total. The molecule has 1 aliphatic rings. The zero-order valence-electron chi connectivity index (χ0n) is 18.7. The van der Waals surface area contributed by atoms with Crippen molar-refractivity contribution < 1.29 is 4.74 Å². The Morgan fingerprint density at radius 2 is 1.59 bits per heavy atom. The lowest BCUT2D eigenvalue weighted by Gasteiger charge is -2.22. The lowest BCUT2D eigenvalue weighted by Crippen LogP contribution is -2.05. The van der Waals surface area contributed by atoms with Crippen molar-refractivity contribution in [1.29, 1.82) is 0 Å². The van der Waals surface area contributed by atoms with Gasteiger partial charge in [0.15, 0.2) is 0 Å². The highest BCUT2D eigenvalue weighted by Crippen LogP contribution is 2.34. The summed E-state index contributed by atoms with van der Waals surface area (Å²) in [5.74, 6) is 1.91. The minimum atomic E-state index is 0.829. The molecule has 1 heteroatoms. The van der Waals surface area contributed by atoms with Crippen molar-refractivity contribution in [2.75, 3.05) is 6.61 Å². The largest absolute Gasteiger partial charge is 0.494 e. The summed E-state index contributed by atoms with van der Waals surface area (Å²) >= 11 is 0. The van der Waals surface area contributed by atoms with Crippen LogP contribution in [-0.4, -0.2) is 6.61 Å². The van der Waals surface area contributed by atoms with E-state index >= 15 is 0 Å². The second-order valence-corrected chi connectivity index (χ2v) is 8.85. The number of ether oxygens (including phenoxy) is 1. The zero-order chi connectivity index (χ0) is 20.3. The number of allylic oxidation sites excluding steroid dienone is 2. The maximum atomic E-state index is 5.96. The summed E-state index contributed by atoms with van der Waals surface area (Å²) in [5.41, 5.74) is 2.96. The smallest absolute Gasteiger partial charge is 0.119 e. The first-order valence-corrected chi connectivity index (χ1v) is 12.2. The average Bonchev–Trinajstić information content (AvgIpc) is 2.76. The second kappa shape index (κ2) is 12.1. The Morgan fingerprint density at radius 1 is 0.828 bits per heavy atom. The Morgan fingerprint density at radius 3 is 2.34 bits per heavy atom. The Hall–Kier alpha value is -1.76. The van der Waals surface area contributed by atoms with Crippen LogP contribution in [0.1, 0.15) is 96.5 Å². The molecule has 0 bridgehead atoms. The zero-order valence-corrected chi connectivity index (χ0v) is 18.7. The van der Waals surface area contributed by atoms with E-state index in [2.05, 4.69) is 56.3 Å². The van der Waals surface area contributed by atoms with Gasteiger partial charge in [-0.2, -0.15) is 0 Å². The van der Waals surface area contributed by atoms with Gasteiger partial charge < -0.3 is 4.74 Å². The molecule has 0 saturated heterocycles. The van der Waals surface area contributed by atoms with Gasteiger partial charge in [-0.1, -0.05) is 89.5 Å². The second-order valence-electron chi connectivity index (χ2n) is 8.85. The van der Waals surface area contributed by atoms with Gasteiger partial charge in [-0.3, -0.25) is 0 Å². The number of hydrogen-bond acceptors (Lipinski definition) is 1. The van der Waals surface area contributed by atoms with Crippen molar-refractivity contribution in [3.05, 3.63) is 48.0 Å². The fourth-order valence-electron chi connectivity index (χ4n) is 4.50. The highest BCUT2D eigenvalue weighted by molar-refractivity contribution is 5.87. The Bertz CT molecular complexity index is 773. The molecule has 0 aliphatic heterocycles. The van der Waals surface area contributed by atoms with Gasteiger partial charge in [-0.15, -0.1) is 0 Å². The van der Waals surface area contributed by atoms with E-state index in [0.29, 0.717) is 0 Å². The fourth-order valence-corrected chi connectivity index (χ4v) is 4.50. The van der Waals surface area contributed by atoms with Crippen LogP contribution >= 0.6 is 0 Å². The minimum absolute atomic E-state index is 0.829. The topological polar surface area (TPSA) is 9.23 Å². The van der Waals surface area contributed by atoms with Crippen LogP contribution in [0.25, 0.3) is 16.3 Å². The van der Waals surface area contributed by atoms with E-state index in [1.165, 1.54) is 87.0 Å². The molecular weight excluding hydrogens is 352 g/mol. The summed E-state index contributed by atoms with van der Waals surface area (Å²) in [4.78, 5) is 0. The maximum Gasteiger partial charge on any atom is 0.119 e. The summed E-state index contributed by atoms with van der Waals surface area (Å²) in [5, 5.41) is 2.61. The predicted molar refractivity (Wildman–Crippen MR) is 128 cm³/mol. The molecule has 0 aromatic heterocycles. The summed E-state index contributed by atoms with van der Waals surface area (Å²) < 4.78 is 5.96. The first kappa shape index (κ1) is 21.9. The molecule has 158 valence electrons.